The molecular formula is C18H20N6O. The van der Waals surface area contributed by atoms with Crippen LogP contribution in [0.3, 0.4) is 0 Å². The van der Waals surface area contributed by atoms with Gasteiger partial charge in [-0.25, -0.2) is 9.97 Å². The Morgan fingerprint density at radius 3 is 2.72 bits per heavy atom. The third kappa shape index (κ3) is 3.57. The average molecular weight is 336 g/mol. The van der Waals surface area contributed by atoms with Gasteiger partial charge in [-0.05, 0) is 12.1 Å². The van der Waals surface area contributed by atoms with Crippen molar-refractivity contribution in [3.05, 3.63) is 60.7 Å². The SMILES string of the molecule is Cn1nccc1CN1CCO[C@H](c2ccc(-c3cncnc3)cn2)C1. The Balaban J connectivity index is 1.45. The molecule has 1 fully saturated rings. The third-order valence-electron chi connectivity index (χ3n) is 4.47. The topological polar surface area (TPSA) is 69.0 Å². The van der Waals surface area contributed by atoms with Gasteiger partial charge in [0, 0.05) is 62.6 Å². The van der Waals surface area contributed by atoms with Crippen molar-refractivity contribution in [2.75, 3.05) is 19.7 Å². The monoisotopic (exact) mass is 336 g/mol. The minimum Gasteiger partial charge on any atom is -0.369 e. The average Bonchev–Trinajstić information content (AvgIpc) is 3.07. The van der Waals surface area contributed by atoms with Crippen LogP contribution >= 0.6 is 0 Å². The molecule has 0 radical (unpaired) electrons. The zero-order valence-electron chi connectivity index (χ0n) is 14.1. The van der Waals surface area contributed by atoms with Crippen molar-refractivity contribution in [2.45, 2.75) is 12.6 Å². The summed E-state index contributed by atoms with van der Waals surface area (Å²) < 4.78 is 7.85. The minimum atomic E-state index is -0.0111. The lowest BCUT2D eigenvalue weighted by Gasteiger charge is -2.32. The Kier molecular flexibility index (Phi) is 4.49. The normalized spacial score (nSPS) is 18.4. The van der Waals surface area contributed by atoms with Gasteiger partial charge in [0.05, 0.1) is 18.0 Å². The van der Waals surface area contributed by atoms with Gasteiger partial charge in [0.25, 0.3) is 0 Å². The highest BCUT2D eigenvalue weighted by Crippen LogP contribution is 2.24. The number of pyridine rings is 1. The number of aryl methyl sites for hydroxylation is 1. The summed E-state index contributed by atoms with van der Waals surface area (Å²) in [5.74, 6) is 0. The van der Waals surface area contributed by atoms with Crippen LogP contribution in [0.4, 0.5) is 0 Å². The van der Waals surface area contributed by atoms with Gasteiger partial charge >= 0.3 is 0 Å². The second kappa shape index (κ2) is 7.08. The van der Waals surface area contributed by atoms with E-state index in [0.29, 0.717) is 6.61 Å². The van der Waals surface area contributed by atoms with Crippen molar-refractivity contribution < 1.29 is 4.74 Å². The number of hydrogen-bond acceptors (Lipinski definition) is 6. The molecule has 0 bridgehead atoms. The van der Waals surface area contributed by atoms with Gasteiger partial charge in [0.2, 0.25) is 0 Å². The van der Waals surface area contributed by atoms with Gasteiger partial charge in [-0.2, -0.15) is 5.10 Å². The quantitative estimate of drug-likeness (QED) is 0.724. The molecule has 1 aliphatic heterocycles. The van der Waals surface area contributed by atoms with E-state index in [9.17, 15) is 0 Å². The maximum atomic E-state index is 5.94. The van der Waals surface area contributed by atoms with Gasteiger partial charge in [-0.15, -0.1) is 0 Å². The lowest BCUT2D eigenvalue weighted by molar-refractivity contribution is -0.0356. The van der Waals surface area contributed by atoms with Crippen molar-refractivity contribution in [1.82, 2.24) is 29.6 Å². The van der Waals surface area contributed by atoms with Crippen molar-refractivity contribution in [2.24, 2.45) is 7.05 Å². The summed E-state index contributed by atoms with van der Waals surface area (Å²) in [4.78, 5) is 15.1. The zero-order valence-corrected chi connectivity index (χ0v) is 14.1. The molecule has 3 aromatic heterocycles. The number of morpholine rings is 1. The van der Waals surface area contributed by atoms with Crippen LogP contribution in [0, 0.1) is 0 Å². The molecule has 0 aliphatic carbocycles. The summed E-state index contributed by atoms with van der Waals surface area (Å²) >= 11 is 0. The zero-order chi connectivity index (χ0) is 17.1. The highest BCUT2D eigenvalue weighted by atomic mass is 16.5. The van der Waals surface area contributed by atoms with Crippen LogP contribution in [0.15, 0.2) is 49.3 Å². The van der Waals surface area contributed by atoms with Crippen LogP contribution in [-0.2, 0) is 18.3 Å². The van der Waals surface area contributed by atoms with E-state index in [0.717, 1.165) is 36.5 Å². The summed E-state index contributed by atoms with van der Waals surface area (Å²) in [6, 6.07) is 6.13. The molecule has 0 amide bonds. The third-order valence-corrected chi connectivity index (χ3v) is 4.47. The second-order valence-electron chi connectivity index (χ2n) is 6.14. The summed E-state index contributed by atoms with van der Waals surface area (Å²) in [6.07, 6.45) is 8.78. The largest absolute Gasteiger partial charge is 0.369 e. The fourth-order valence-electron chi connectivity index (χ4n) is 3.03. The molecule has 4 rings (SSSR count). The number of nitrogens with zero attached hydrogens (tertiary/aromatic N) is 6. The molecule has 4 heterocycles. The van der Waals surface area contributed by atoms with Crippen LogP contribution < -0.4 is 0 Å². The molecule has 0 spiro atoms. The van der Waals surface area contributed by atoms with Gasteiger partial charge in [-0.3, -0.25) is 14.6 Å². The first kappa shape index (κ1) is 15.9. The van der Waals surface area contributed by atoms with Crippen LogP contribution in [0.2, 0.25) is 0 Å². The molecule has 25 heavy (non-hydrogen) atoms. The van der Waals surface area contributed by atoms with E-state index >= 15 is 0 Å². The van der Waals surface area contributed by atoms with Crippen molar-refractivity contribution in [1.29, 1.82) is 0 Å². The van der Waals surface area contributed by atoms with Crippen LogP contribution in [-0.4, -0.2) is 49.3 Å². The molecule has 0 saturated carbocycles. The van der Waals surface area contributed by atoms with Crippen LogP contribution in [0.5, 0.6) is 0 Å². The van der Waals surface area contributed by atoms with E-state index in [1.807, 2.05) is 36.3 Å². The van der Waals surface area contributed by atoms with Crippen molar-refractivity contribution in [3.8, 4) is 11.1 Å². The molecule has 1 aliphatic rings. The maximum Gasteiger partial charge on any atom is 0.115 e. The Labute approximate surface area is 146 Å². The molecule has 7 heteroatoms. The predicted molar refractivity (Wildman–Crippen MR) is 92.4 cm³/mol. The molecular weight excluding hydrogens is 316 g/mol. The molecule has 0 N–H and O–H groups in total. The highest BCUT2D eigenvalue weighted by molar-refractivity contribution is 5.60. The predicted octanol–water partition coefficient (Wildman–Crippen LogP) is 1.85. The Morgan fingerprint density at radius 1 is 1.12 bits per heavy atom. The standard InChI is InChI=1S/C18H20N6O/c1-23-16(4-5-22-23)11-24-6-7-25-18(12-24)17-3-2-14(10-21-17)15-8-19-13-20-9-15/h2-5,8-10,13,18H,6-7,11-12H2,1H3/t18-/m0/s1. The van der Waals surface area contributed by atoms with Gasteiger partial charge in [-0.1, -0.05) is 6.07 Å². The van der Waals surface area contributed by atoms with Crippen LogP contribution in [0.25, 0.3) is 11.1 Å². The van der Waals surface area contributed by atoms with E-state index in [4.69, 9.17) is 4.74 Å². The molecule has 7 nitrogen and oxygen atoms in total. The molecule has 3 aromatic rings. The molecule has 0 aromatic carbocycles. The van der Waals surface area contributed by atoms with E-state index in [-0.39, 0.29) is 6.10 Å². The fourth-order valence-corrected chi connectivity index (χ4v) is 3.03. The Bertz CT molecular complexity index is 817. The van der Waals surface area contributed by atoms with E-state index < -0.39 is 0 Å². The number of ether oxygens (including phenoxy) is 1. The van der Waals surface area contributed by atoms with Crippen LogP contribution in [0.1, 0.15) is 17.5 Å². The molecule has 0 unspecified atom stereocenters. The van der Waals surface area contributed by atoms with E-state index in [2.05, 4.69) is 31.0 Å². The summed E-state index contributed by atoms with van der Waals surface area (Å²) in [5.41, 5.74) is 4.12. The van der Waals surface area contributed by atoms with Gasteiger partial charge < -0.3 is 4.74 Å². The van der Waals surface area contributed by atoms with Crippen molar-refractivity contribution in [3.63, 3.8) is 0 Å². The van der Waals surface area contributed by atoms with Crippen molar-refractivity contribution >= 4 is 0 Å². The number of aromatic nitrogens is 5. The highest BCUT2D eigenvalue weighted by Gasteiger charge is 2.23. The number of hydrogen-bond donors (Lipinski definition) is 0. The lowest BCUT2D eigenvalue weighted by Crippen LogP contribution is -2.38. The smallest absolute Gasteiger partial charge is 0.115 e. The Morgan fingerprint density at radius 2 is 2.00 bits per heavy atom. The minimum absolute atomic E-state index is 0.0111. The Hall–Kier alpha value is -2.64. The van der Waals surface area contributed by atoms with Gasteiger partial charge in [0.1, 0.15) is 12.4 Å². The first-order valence-electron chi connectivity index (χ1n) is 8.32. The molecule has 1 saturated heterocycles. The van der Waals surface area contributed by atoms with Gasteiger partial charge in [0.15, 0.2) is 0 Å². The lowest BCUT2D eigenvalue weighted by atomic mass is 10.1. The second-order valence-corrected chi connectivity index (χ2v) is 6.14. The first-order chi connectivity index (χ1) is 12.3. The summed E-state index contributed by atoms with van der Waals surface area (Å²) in [6.45, 7) is 3.32. The fraction of sp³-hybridized carbons (Fsp3) is 0.333. The van der Waals surface area contributed by atoms with E-state index in [1.165, 1.54) is 12.0 Å². The summed E-state index contributed by atoms with van der Waals surface area (Å²) in [5, 5.41) is 4.23. The number of rotatable bonds is 4. The molecule has 1 atom stereocenters. The molecule has 128 valence electrons. The van der Waals surface area contributed by atoms with E-state index in [1.54, 1.807) is 12.4 Å². The summed E-state index contributed by atoms with van der Waals surface area (Å²) in [7, 11) is 1.97. The first-order valence-corrected chi connectivity index (χ1v) is 8.32. The maximum absolute atomic E-state index is 5.94.